The number of halogens is 1. The number of nitrogens with one attached hydrogen (secondary N) is 2. The quantitative estimate of drug-likeness (QED) is 0.487. The minimum atomic E-state index is -0.323. The van der Waals surface area contributed by atoms with Crippen LogP contribution in [0, 0.1) is 0 Å². The summed E-state index contributed by atoms with van der Waals surface area (Å²) >= 11 is 7.55. The Balaban J connectivity index is 1.66. The Morgan fingerprint density at radius 3 is 2.61 bits per heavy atom. The van der Waals surface area contributed by atoms with E-state index in [1.165, 1.54) is 18.0 Å². The molecule has 0 saturated carbocycles. The maximum Gasteiger partial charge on any atom is 0.291 e. The highest BCUT2D eigenvalue weighted by molar-refractivity contribution is 8.00. The number of amides is 2. The maximum atomic E-state index is 12.6. The van der Waals surface area contributed by atoms with Crippen LogP contribution in [-0.4, -0.2) is 17.1 Å². The first kappa shape index (κ1) is 20.0. The van der Waals surface area contributed by atoms with Crippen molar-refractivity contribution in [2.45, 2.75) is 23.5 Å². The summed E-state index contributed by atoms with van der Waals surface area (Å²) in [5.41, 5.74) is 1.22. The van der Waals surface area contributed by atoms with Gasteiger partial charge in [-0.25, -0.2) is 0 Å². The maximum absolute atomic E-state index is 12.6. The molecule has 0 bridgehead atoms. The number of thioether (sulfide) groups is 1. The molecule has 0 saturated heterocycles. The van der Waals surface area contributed by atoms with Crippen LogP contribution >= 0.6 is 23.4 Å². The third kappa shape index (κ3) is 5.18. The fourth-order valence-corrected chi connectivity index (χ4v) is 3.71. The number of para-hydroxylation sites is 1. The lowest BCUT2D eigenvalue weighted by Gasteiger charge is -2.16. The van der Waals surface area contributed by atoms with Crippen LogP contribution in [0.2, 0.25) is 5.02 Å². The molecule has 1 atom stereocenters. The minimum Gasteiger partial charge on any atom is -0.459 e. The summed E-state index contributed by atoms with van der Waals surface area (Å²) in [6.45, 7) is 1.95. The molecule has 0 aliphatic heterocycles. The molecule has 144 valence electrons. The Labute approximate surface area is 172 Å². The summed E-state index contributed by atoms with van der Waals surface area (Å²) < 4.78 is 5.10. The number of benzene rings is 2. The van der Waals surface area contributed by atoms with Crippen LogP contribution in [0.15, 0.2) is 76.2 Å². The lowest BCUT2D eigenvalue weighted by molar-refractivity contribution is -0.115. The third-order valence-corrected chi connectivity index (χ3v) is 5.60. The van der Waals surface area contributed by atoms with Crippen molar-refractivity contribution in [1.82, 2.24) is 0 Å². The first-order valence-corrected chi connectivity index (χ1v) is 9.99. The number of carbonyl (C=O) groups excluding carboxylic acids is 2. The van der Waals surface area contributed by atoms with Crippen molar-refractivity contribution < 1.29 is 14.0 Å². The number of furan rings is 1. The van der Waals surface area contributed by atoms with Crippen LogP contribution in [0.3, 0.4) is 0 Å². The monoisotopic (exact) mass is 414 g/mol. The predicted molar refractivity (Wildman–Crippen MR) is 113 cm³/mol. The molecule has 28 heavy (non-hydrogen) atoms. The largest absolute Gasteiger partial charge is 0.459 e. The smallest absolute Gasteiger partial charge is 0.291 e. The van der Waals surface area contributed by atoms with Crippen molar-refractivity contribution in [2.24, 2.45) is 0 Å². The van der Waals surface area contributed by atoms with Gasteiger partial charge in [-0.3, -0.25) is 9.59 Å². The fourth-order valence-electron chi connectivity index (χ4n) is 2.51. The van der Waals surface area contributed by atoms with E-state index in [-0.39, 0.29) is 22.8 Å². The second-order valence-corrected chi connectivity index (χ2v) is 7.63. The molecule has 3 aromatic rings. The highest BCUT2D eigenvalue weighted by atomic mass is 35.5. The molecular weight excluding hydrogens is 396 g/mol. The molecule has 0 radical (unpaired) electrons. The summed E-state index contributed by atoms with van der Waals surface area (Å²) in [6.07, 6.45) is 2.09. The lowest BCUT2D eigenvalue weighted by atomic mass is 10.2. The van der Waals surface area contributed by atoms with Gasteiger partial charge in [-0.05, 0) is 48.9 Å². The Bertz CT molecular complexity index is 960. The van der Waals surface area contributed by atoms with E-state index in [0.717, 1.165) is 4.90 Å². The van der Waals surface area contributed by atoms with E-state index in [1.807, 2.05) is 37.3 Å². The molecule has 3 rings (SSSR count). The Morgan fingerprint density at radius 1 is 1.07 bits per heavy atom. The van der Waals surface area contributed by atoms with Gasteiger partial charge in [0.2, 0.25) is 5.91 Å². The molecule has 1 unspecified atom stereocenters. The van der Waals surface area contributed by atoms with Gasteiger partial charge in [-0.15, -0.1) is 11.8 Å². The zero-order valence-electron chi connectivity index (χ0n) is 15.1. The van der Waals surface area contributed by atoms with Crippen LogP contribution in [0.25, 0.3) is 0 Å². The second kappa shape index (κ2) is 9.48. The van der Waals surface area contributed by atoms with Crippen molar-refractivity contribution in [3.8, 4) is 0 Å². The van der Waals surface area contributed by atoms with Crippen molar-refractivity contribution in [1.29, 1.82) is 0 Å². The number of carbonyl (C=O) groups is 2. The summed E-state index contributed by atoms with van der Waals surface area (Å²) in [7, 11) is 0. The number of hydrogen-bond acceptors (Lipinski definition) is 4. The Kier molecular flexibility index (Phi) is 6.79. The van der Waals surface area contributed by atoms with Gasteiger partial charge in [0.1, 0.15) is 0 Å². The SMILES string of the molecule is CCC(Sc1cccc(NC(=O)c2ccco2)c1)C(=O)Nc1ccccc1Cl. The van der Waals surface area contributed by atoms with Gasteiger partial charge in [0.05, 0.1) is 22.2 Å². The Morgan fingerprint density at radius 2 is 1.89 bits per heavy atom. The third-order valence-electron chi connectivity index (χ3n) is 3.91. The van der Waals surface area contributed by atoms with Gasteiger partial charge in [0.25, 0.3) is 5.91 Å². The molecular formula is C21H19ClN2O3S. The molecule has 0 fully saturated rings. The van der Waals surface area contributed by atoms with E-state index in [1.54, 1.807) is 30.3 Å². The molecule has 0 aliphatic carbocycles. The van der Waals surface area contributed by atoms with Gasteiger partial charge < -0.3 is 15.1 Å². The van der Waals surface area contributed by atoms with Crippen molar-refractivity contribution in [2.75, 3.05) is 10.6 Å². The van der Waals surface area contributed by atoms with Crippen molar-refractivity contribution >= 4 is 46.6 Å². The van der Waals surface area contributed by atoms with Gasteiger partial charge in [-0.1, -0.05) is 36.7 Å². The summed E-state index contributed by atoms with van der Waals surface area (Å²) in [5.74, 6) is -0.204. The van der Waals surface area contributed by atoms with E-state index in [0.29, 0.717) is 22.8 Å². The highest BCUT2D eigenvalue weighted by Crippen LogP contribution is 2.29. The van der Waals surface area contributed by atoms with Gasteiger partial charge in [-0.2, -0.15) is 0 Å². The molecule has 2 aromatic carbocycles. The van der Waals surface area contributed by atoms with Crippen LogP contribution in [0.5, 0.6) is 0 Å². The summed E-state index contributed by atoms with van der Waals surface area (Å²) in [5, 5.41) is 5.86. The van der Waals surface area contributed by atoms with E-state index in [9.17, 15) is 9.59 Å². The lowest BCUT2D eigenvalue weighted by Crippen LogP contribution is -2.24. The molecule has 0 aliphatic rings. The number of rotatable bonds is 7. The van der Waals surface area contributed by atoms with Gasteiger partial charge in [0.15, 0.2) is 5.76 Å². The van der Waals surface area contributed by atoms with E-state index in [2.05, 4.69) is 10.6 Å². The zero-order chi connectivity index (χ0) is 19.9. The molecule has 2 N–H and O–H groups in total. The van der Waals surface area contributed by atoms with Crippen LogP contribution < -0.4 is 10.6 Å². The van der Waals surface area contributed by atoms with Crippen LogP contribution in [0.4, 0.5) is 11.4 Å². The molecule has 1 aromatic heterocycles. The van der Waals surface area contributed by atoms with Crippen LogP contribution in [0.1, 0.15) is 23.9 Å². The van der Waals surface area contributed by atoms with Gasteiger partial charge >= 0.3 is 0 Å². The van der Waals surface area contributed by atoms with Crippen LogP contribution in [-0.2, 0) is 4.79 Å². The summed E-state index contributed by atoms with van der Waals surface area (Å²) in [4.78, 5) is 25.6. The zero-order valence-corrected chi connectivity index (χ0v) is 16.7. The molecule has 0 spiro atoms. The Hall–Kier alpha value is -2.70. The second-order valence-electron chi connectivity index (χ2n) is 5.94. The van der Waals surface area contributed by atoms with Crippen molar-refractivity contribution in [3.63, 3.8) is 0 Å². The molecule has 2 amide bonds. The molecule has 1 heterocycles. The number of hydrogen-bond donors (Lipinski definition) is 2. The van der Waals surface area contributed by atoms with E-state index >= 15 is 0 Å². The minimum absolute atomic E-state index is 0.120. The standard InChI is InChI=1S/C21H19ClN2O3S/c1-2-19(21(26)24-17-10-4-3-9-16(17)22)28-15-8-5-7-14(13-15)23-20(25)18-11-6-12-27-18/h3-13,19H,2H2,1H3,(H,23,25)(H,24,26). The van der Waals surface area contributed by atoms with Crippen molar-refractivity contribution in [3.05, 3.63) is 77.7 Å². The van der Waals surface area contributed by atoms with Gasteiger partial charge in [0, 0.05) is 10.6 Å². The first-order valence-electron chi connectivity index (χ1n) is 8.73. The first-order chi connectivity index (χ1) is 13.6. The average molecular weight is 415 g/mol. The van der Waals surface area contributed by atoms with E-state index < -0.39 is 0 Å². The van der Waals surface area contributed by atoms with E-state index in [4.69, 9.17) is 16.0 Å². The summed E-state index contributed by atoms with van der Waals surface area (Å²) in [6, 6.07) is 17.7. The number of anilines is 2. The fraction of sp³-hybridized carbons (Fsp3) is 0.143. The highest BCUT2D eigenvalue weighted by Gasteiger charge is 2.19. The topological polar surface area (TPSA) is 71.3 Å². The molecule has 7 heteroatoms. The normalized spacial score (nSPS) is 11.6. The average Bonchev–Trinajstić information content (AvgIpc) is 3.23. The predicted octanol–water partition coefficient (Wildman–Crippen LogP) is 5.69. The molecule has 5 nitrogen and oxygen atoms in total.